The van der Waals surface area contributed by atoms with Crippen LogP contribution in [0.5, 0.6) is 5.75 Å². The average Bonchev–Trinajstić information content (AvgIpc) is 3.00. The smallest absolute Gasteiger partial charge is 0.303 e. The first-order valence-electron chi connectivity index (χ1n) is 14.5. The summed E-state index contributed by atoms with van der Waals surface area (Å²) in [5, 5.41) is 0. The second kappa shape index (κ2) is 14.2. The molecule has 1 saturated heterocycles. The standard InChI is InChI=1S/C33H31F4O8S2/c1-15-16(2)32(43-19(5)40)33(45-27(15)14-42-18(4)39)44-26-7-6-21(8-20(26)13-41-17(3)38)47-30-11-24(36)22(34)9-28(30)46-29-10-23(35)25(37)12-31(29)47/h6-12,15-16,27,32-33H,13-14H2,1-5H3/q+1. The summed E-state index contributed by atoms with van der Waals surface area (Å²) in [5.74, 6) is -6.38. The van der Waals surface area contributed by atoms with Gasteiger partial charge in [-0.2, -0.15) is 0 Å². The zero-order chi connectivity index (χ0) is 34.2. The fourth-order valence-corrected chi connectivity index (χ4v) is 9.11. The number of fused-ring (bicyclic) bond motifs is 2. The number of rotatable bonds is 8. The molecule has 0 aliphatic carbocycles. The normalized spacial score (nSPS) is 22.1. The van der Waals surface area contributed by atoms with E-state index in [-0.39, 0.29) is 30.8 Å². The van der Waals surface area contributed by atoms with Crippen molar-refractivity contribution in [3.8, 4) is 5.75 Å². The molecule has 0 aromatic heterocycles. The molecule has 8 nitrogen and oxygen atoms in total. The monoisotopic (exact) mass is 695 g/mol. The third-order valence-electron chi connectivity index (χ3n) is 7.84. The molecule has 1 fully saturated rings. The van der Waals surface area contributed by atoms with Crippen LogP contribution in [0.25, 0.3) is 0 Å². The van der Waals surface area contributed by atoms with Crippen molar-refractivity contribution in [3.05, 3.63) is 71.3 Å². The largest absolute Gasteiger partial charge is 0.463 e. The summed E-state index contributed by atoms with van der Waals surface area (Å²) >= 11 is 0.993. The maximum absolute atomic E-state index is 14.6. The molecular formula is C33H31F4O8S2+. The van der Waals surface area contributed by atoms with Crippen LogP contribution in [0.4, 0.5) is 17.6 Å². The van der Waals surface area contributed by atoms with E-state index < -0.39 is 70.6 Å². The Morgan fingerprint density at radius 2 is 1.36 bits per heavy atom. The van der Waals surface area contributed by atoms with Gasteiger partial charge >= 0.3 is 17.9 Å². The quantitative estimate of drug-likeness (QED) is 0.0860. The van der Waals surface area contributed by atoms with Crippen LogP contribution in [0.2, 0.25) is 0 Å². The Morgan fingerprint density at radius 3 is 1.91 bits per heavy atom. The van der Waals surface area contributed by atoms with E-state index in [9.17, 15) is 31.9 Å². The van der Waals surface area contributed by atoms with Crippen LogP contribution >= 0.6 is 11.8 Å². The van der Waals surface area contributed by atoms with Crippen molar-refractivity contribution in [1.29, 1.82) is 0 Å². The van der Waals surface area contributed by atoms with Gasteiger partial charge in [-0.05, 0) is 30.2 Å². The summed E-state index contributed by atoms with van der Waals surface area (Å²) in [4.78, 5) is 37.3. The van der Waals surface area contributed by atoms with E-state index >= 15 is 0 Å². The van der Waals surface area contributed by atoms with Crippen LogP contribution < -0.4 is 4.74 Å². The molecule has 0 amide bonds. The van der Waals surface area contributed by atoms with Crippen LogP contribution in [0.15, 0.2) is 66.9 Å². The first-order chi connectivity index (χ1) is 22.2. The third kappa shape index (κ3) is 7.54. The number of benzene rings is 3. The van der Waals surface area contributed by atoms with Crippen molar-refractivity contribution in [2.45, 2.75) is 84.2 Å². The van der Waals surface area contributed by atoms with Crippen LogP contribution in [-0.2, 0) is 50.8 Å². The molecule has 2 heterocycles. The van der Waals surface area contributed by atoms with E-state index in [1.807, 2.05) is 13.8 Å². The number of halogens is 4. The van der Waals surface area contributed by atoms with Gasteiger partial charge in [-0.3, -0.25) is 14.4 Å². The first-order valence-corrected chi connectivity index (χ1v) is 16.6. The maximum Gasteiger partial charge on any atom is 0.303 e. The molecule has 5 rings (SSSR count). The lowest BCUT2D eigenvalue weighted by Crippen LogP contribution is -2.54. The van der Waals surface area contributed by atoms with E-state index in [0.29, 0.717) is 30.0 Å². The Morgan fingerprint density at radius 1 is 0.787 bits per heavy atom. The molecule has 0 N–H and O–H groups in total. The molecule has 3 aromatic rings. The number of hydrogen-bond donors (Lipinski definition) is 0. The van der Waals surface area contributed by atoms with Crippen molar-refractivity contribution >= 4 is 40.6 Å². The molecule has 0 radical (unpaired) electrons. The van der Waals surface area contributed by atoms with Gasteiger partial charge in [0, 0.05) is 50.5 Å². The highest BCUT2D eigenvalue weighted by Crippen LogP contribution is 2.50. The Bertz CT molecular complexity index is 1660. The lowest BCUT2D eigenvalue weighted by atomic mass is 9.83. The van der Waals surface area contributed by atoms with Crippen molar-refractivity contribution in [2.24, 2.45) is 11.8 Å². The van der Waals surface area contributed by atoms with E-state index in [1.54, 1.807) is 18.2 Å². The fraction of sp³-hybridized carbons (Fsp3) is 0.364. The number of carbonyl (C=O) groups excluding carboxylic acids is 3. The van der Waals surface area contributed by atoms with Crippen molar-refractivity contribution < 1.29 is 55.6 Å². The highest BCUT2D eigenvalue weighted by molar-refractivity contribution is 8.04. The van der Waals surface area contributed by atoms with Crippen LogP contribution in [0.1, 0.15) is 40.2 Å². The minimum atomic E-state index is -1.25. The van der Waals surface area contributed by atoms with E-state index in [2.05, 4.69) is 0 Å². The lowest BCUT2D eigenvalue weighted by Gasteiger charge is -2.43. The Labute approximate surface area is 275 Å². The molecule has 0 saturated carbocycles. The van der Waals surface area contributed by atoms with Crippen molar-refractivity contribution in [1.82, 2.24) is 0 Å². The summed E-state index contributed by atoms with van der Waals surface area (Å²) in [7, 11) is -1.25. The van der Waals surface area contributed by atoms with Crippen LogP contribution in [0.3, 0.4) is 0 Å². The number of esters is 3. The average molecular weight is 696 g/mol. The molecule has 5 unspecified atom stereocenters. The highest BCUT2D eigenvalue weighted by atomic mass is 32.2. The van der Waals surface area contributed by atoms with Gasteiger partial charge in [0.25, 0.3) is 0 Å². The predicted molar refractivity (Wildman–Crippen MR) is 161 cm³/mol. The second-order valence-corrected chi connectivity index (χ2v) is 14.2. The van der Waals surface area contributed by atoms with Gasteiger partial charge in [-0.1, -0.05) is 25.6 Å². The molecule has 2 aliphatic heterocycles. The molecule has 0 spiro atoms. The van der Waals surface area contributed by atoms with Gasteiger partial charge in [0.2, 0.25) is 6.29 Å². The minimum absolute atomic E-state index is 0.0688. The fourth-order valence-electron chi connectivity index (χ4n) is 5.30. The Kier molecular flexibility index (Phi) is 10.4. The molecule has 0 bridgehead atoms. The molecule has 14 heteroatoms. The Balaban J connectivity index is 1.58. The SMILES string of the molecule is CC(=O)OCc1cc([S+]2c3cc(F)c(F)cc3Sc3cc(F)c(F)cc32)ccc1OC1OC(COC(C)=O)C(C)C(C)C1OC(C)=O. The van der Waals surface area contributed by atoms with Gasteiger partial charge in [-0.15, -0.1) is 0 Å². The number of ether oxygens (including phenoxy) is 5. The molecular weight excluding hydrogens is 664 g/mol. The minimum Gasteiger partial charge on any atom is -0.463 e. The summed E-state index contributed by atoms with van der Waals surface area (Å²) < 4.78 is 86.3. The summed E-state index contributed by atoms with van der Waals surface area (Å²) in [5.41, 5.74) is 0.324. The van der Waals surface area contributed by atoms with E-state index in [1.165, 1.54) is 20.8 Å². The molecule has 47 heavy (non-hydrogen) atoms. The zero-order valence-corrected chi connectivity index (χ0v) is 27.6. The van der Waals surface area contributed by atoms with Gasteiger partial charge in [0.05, 0.1) is 15.9 Å². The first kappa shape index (κ1) is 34.6. The summed E-state index contributed by atoms with van der Waals surface area (Å²) in [6.07, 6.45) is -2.65. The van der Waals surface area contributed by atoms with Crippen molar-refractivity contribution in [3.63, 3.8) is 0 Å². The van der Waals surface area contributed by atoms with E-state index in [0.717, 1.165) is 36.0 Å². The maximum atomic E-state index is 14.6. The van der Waals surface area contributed by atoms with Gasteiger partial charge in [0.1, 0.15) is 29.9 Å². The molecule has 2 aliphatic rings. The molecule has 3 aromatic carbocycles. The topological polar surface area (TPSA) is 97.4 Å². The third-order valence-corrected chi connectivity index (χ3v) is 11.5. The number of carbonyl (C=O) groups is 3. The zero-order valence-electron chi connectivity index (χ0n) is 25.9. The van der Waals surface area contributed by atoms with E-state index in [4.69, 9.17) is 23.7 Å². The predicted octanol–water partition coefficient (Wildman–Crippen LogP) is 6.74. The van der Waals surface area contributed by atoms with Gasteiger partial charge in [-0.25, -0.2) is 17.6 Å². The highest BCUT2D eigenvalue weighted by Gasteiger charge is 2.46. The Hall–Kier alpha value is -3.75. The summed E-state index contributed by atoms with van der Waals surface area (Å²) in [6.45, 7) is 7.11. The van der Waals surface area contributed by atoms with Crippen LogP contribution in [0, 0.1) is 35.1 Å². The summed E-state index contributed by atoms with van der Waals surface area (Å²) in [6, 6.07) is 8.87. The molecule has 250 valence electrons. The lowest BCUT2D eigenvalue weighted by molar-refractivity contribution is -0.253. The van der Waals surface area contributed by atoms with Gasteiger partial charge in [0.15, 0.2) is 44.1 Å². The second-order valence-electron chi connectivity index (χ2n) is 11.1. The number of hydrogen-bond acceptors (Lipinski definition) is 9. The molecule has 5 atom stereocenters. The van der Waals surface area contributed by atoms with Crippen molar-refractivity contribution in [2.75, 3.05) is 6.61 Å². The van der Waals surface area contributed by atoms with Gasteiger partial charge < -0.3 is 23.7 Å². The van der Waals surface area contributed by atoms with Crippen LogP contribution in [-0.4, -0.2) is 43.0 Å².